The molecular formula is C9H21ClCuN4O5. The van der Waals surface area contributed by atoms with E-state index in [-0.39, 0.29) is 35.4 Å². The Morgan fingerprint density at radius 1 is 1.10 bits per heavy atom. The first kappa shape index (κ1) is 31.4. The zero-order chi connectivity index (χ0) is 15.0. The molecule has 0 saturated carbocycles. The summed E-state index contributed by atoms with van der Waals surface area (Å²) in [5.74, 6) is -2.50. The van der Waals surface area contributed by atoms with E-state index in [0.29, 0.717) is 0 Å². The number of carboxylic acids is 2. The van der Waals surface area contributed by atoms with Crippen LogP contribution in [0.15, 0.2) is 0 Å². The average molecular weight is 364 g/mol. The van der Waals surface area contributed by atoms with E-state index in [1.807, 2.05) is 0 Å². The summed E-state index contributed by atoms with van der Waals surface area (Å²) in [6.45, 7) is 5.78. The number of carbonyl (C=O) groups is 2. The molecule has 125 valence electrons. The van der Waals surface area contributed by atoms with E-state index in [2.05, 4.69) is 16.8 Å². The molecule has 1 aliphatic rings. The van der Waals surface area contributed by atoms with Crippen molar-refractivity contribution in [2.24, 2.45) is 11.5 Å². The minimum Gasteiger partial charge on any atom is -0.550 e. The number of hydrogen-bond acceptors (Lipinski definition) is 7. The molecule has 1 saturated heterocycles. The Balaban J connectivity index is -0.0000000496. The van der Waals surface area contributed by atoms with Crippen molar-refractivity contribution in [2.45, 2.75) is 13.8 Å². The Bertz CT molecular complexity index is 190. The van der Waals surface area contributed by atoms with Gasteiger partial charge < -0.3 is 41.3 Å². The molecule has 6 N–H and O–H groups in total. The zero-order valence-corrected chi connectivity index (χ0v) is 13.0. The molecule has 0 bridgehead atoms. The van der Waals surface area contributed by atoms with Crippen molar-refractivity contribution in [3.8, 4) is 0 Å². The number of hydrogen-bond donors (Lipinski definition) is 4. The third kappa shape index (κ3) is 176. The second-order valence-corrected chi connectivity index (χ2v) is 2.80. The molecule has 1 heterocycles. The minimum absolute atomic E-state index is 0. The second kappa shape index (κ2) is 26.5. The quantitative estimate of drug-likeness (QED) is 0.193. The molecule has 20 heavy (non-hydrogen) atoms. The molecule has 0 aromatic rings. The Morgan fingerprint density at radius 2 is 1.30 bits per heavy atom. The molecule has 0 unspecified atom stereocenters. The van der Waals surface area contributed by atoms with Crippen molar-refractivity contribution in [2.75, 3.05) is 26.3 Å². The van der Waals surface area contributed by atoms with Gasteiger partial charge >= 0.3 is 17.1 Å². The summed E-state index contributed by atoms with van der Waals surface area (Å²) in [7, 11) is 0. The van der Waals surface area contributed by atoms with Gasteiger partial charge in [0.25, 0.3) is 0 Å². The molecule has 0 atom stereocenters. The molecule has 0 aromatic carbocycles. The number of carboxylic acid groups (broad SMARTS) is 2. The maximum atomic E-state index is 8.89. The molecule has 1 radical (unpaired) electrons. The van der Waals surface area contributed by atoms with E-state index in [0.717, 1.165) is 40.2 Å². The molecule has 0 aromatic heterocycles. The molecule has 11 heteroatoms. The number of rotatable bonds is 0. The van der Waals surface area contributed by atoms with Crippen molar-refractivity contribution in [1.82, 2.24) is 5.32 Å². The fourth-order valence-corrected chi connectivity index (χ4v) is 0.516. The van der Waals surface area contributed by atoms with Crippen LogP contribution in [-0.2, 0) is 31.4 Å². The Morgan fingerprint density at radius 3 is 1.35 bits per heavy atom. The number of morpholine rings is 1. The van der Waals surface area contributed by atoms with Crippen LogP contribution in [-0.4, -0.2) is 44.2 Å². The van der Waals surface area contributed by atoms with Crippen LogP contribution in [0, 0.1) is 5.41 Å². The third-order valence-electron chi connectivity index (χ3n) is 0.846. The SMILES string of the molecule is C1COCCN1.CC(=O)[O-].CC(=O)[O-].Cl.N=C(N)N.[Cu+2]. The molecule has 1 fully saturated rings. The first-order valence-electron chi connectivity index (χ1n) is 4.93. The maximum Gasteiger partial charge on any atom is 2.00 e. The van der Waals surface area contributed by atoms with Gasteiger partial charge in [-0.15, -0.1) is 12.4 Å². The van der Waals surface area contributed by atoms with E-state index < -0.39 is 11.9 Å². The van der Waals surface area contributed by atoms with Gasteiger partial charge in [-0.25, -0.2) is 0 Å². The monoisotopic (exact) mass is 363 g/mol. The van der Waals surface area contributed by atoms with Crippen LogP contribution in [0.5, 0.6) is 0 Å². The van der Waals surface area contributed by atoms with Crippen LogP contribution >= 0.6 is 12.4 Å². The fourth-order valence-electron chi connectivity index (χ4n) is 0.516. The average Bonchev–Trinajstić information content (AvgIpc) is 2.17. The van der Waals surface area contributed by atoms with E-state index in [1.54, 1.807) is 0 Å². The molecule has 0 amide bonds. The van der Waals surface area contributed by atoms with Gasteiger partial charge in [-0.2, -0.15) is 0 Å². The molecular weight excluding hydrogens is 343 g/mol. The van der Waals surface area contributed by atoms with Crippen molar-refractivity contribution in [3.05, 3.63) is 0 Å². The van der Waals surface area contributed by atoms with E-state index >= 15 is 0 Å². The van der Waals surface area contributed by atoms with Crippen LogP contribution in [0.25, 0.3) is 0 Å². The van der Waals surface area contributed by atoms with Gasteiger partial charge in [-0.1, -0.05) is 0 Å². The van der Waals surface area contributed by atoms with Crippen molar-refractivity contribution in [3.63, 3.8) is 0 Å². The number of ether oxygens (including phenoxy) is 1. The van der Waals surface area contributed by atoms with E-state index in [1.165, 1.54) is 0 Å². The molecule has 1 aliphatic heterocycles. The number of nitrogens with one attached hydrogen (secondary N) is 2. The first-order chi connectivity index (χ1) is 8.20. The topological polar surface area (TPSA) is 177 Å². The van der Waals surface area contributed by atoms with Crippen LogP contribution in [0.3, 0.4) is 0 Å². The summed E-state index contributed by atoms with van der Waals surface area (Å²) in [6.07, 6.45) is 0. The molecule has 0 aliphatic carbocycles. The van der Waals surface area contributed by atoms with Crippen molar-refractivity contribution >= 4 is 30.3 Å². The van der Waals surface area contributed by atoms with E-state index in [9.17, 15) is 0 Å². The summed E-state index contributed by atoms with van der Waals surface area (Å²) in [5.41, 5.74) is 8.94. The van der Waals surface area contributed by atoms with E-state index in [4.69, 9.17) is 29.9 Å². The standard InChI is InChI=1S/C4H9NO.2C2H4O2.CH5N3.ClH.Cu/c1-3-6-4-2-5-1;2*1-2(3)4;2-1(3)4;;/h5H,1-4H2;2*1H3,(H,3,4);(H5,2,3,4);1H;/q;;;;;+2/p-2. The molecule has 1 rings (SSSR count). The summed E-state index contributed by atoms with van der Waals surface area (Å²) in [4.78, 5) is 17.8. The summed E-state index contributed by atoms with van der Waals surface area (Å²) < 4.78 is 5.01. The fraction of sp³-hybridized carbons (Fsp3) is 0.667. The summed E-state index contributed by atoms with van der Waals surface area (Å²) in [5, 5.41) is 27.0. The van der Waals surface area contributed by atoms with Gasteiger partial charge in [0.05, 0.1) is 13.2 Å². The van der Waals surface area contributed by atoms with Crippen LogP contribution in [0.4, 0.5) is 0 Å². The third-order valence-corrected chi connectivity index (χ3v) is 0.846. The molecule has 0 spiro atoms. The van der Waals surface area contributed by atoms with Gasteiger partial charge in [-0.3, -0.25) is 5.41 Å². The number of guanidine groups is 1. The van der Waals surface area contributed by atoms with Crippen LogP contribution in [0.2, 0.25) is 0 Å². The van der Waals surface area contributed by atoms with Crippen molar-refractivity contribution in [1.29, 1.82) is 5.41 Å². The summed E-state index contributed by atoms with van der Waals surface area (Å²) in [6, 6.07) is 0. The number of aliphatic carboxylic acids is 2. The van der Waals surface area contributed by atoms with Gasteiger partial charge in [0.1, 0.15) is 0 Å². The van der Waals surface area contributed by atoms with Crippen molar-refractivity contribution < 1.29 is 41.6 Å². The van der Waals surface area contributed by atoms with Gasteiger partial charge in [0.2, 0.25) is 0 Å². The van der Waals surface area contributed by atoms with Crippen LogP contribution < -0.4 is 27.0 Å². The van der Waals surface area contributed by atoms with Crippen LogP contribution in [0.1, 0.15) is 13.8 Å². The Hall–Kier alpha value is -1.06. The zero-order valence-electron chi connectivity index (χ0n) is 11.2. The number of nitrogens with two attached hydrogens (primary N) is 2. The predicted octanol–water partition coefficient (Wildman–Crippen LogP) is -3.62. The smallest absolute Gasteiger partial charge is 0.550 e. The first-order valence-corrected chi connectivity index (χ1v) is 4.93. The molecule has 9 nitrogen and oxygen atoms in total. The van der Waals surface area contributed by atoms with Gasteiger partial charge in [-0.05, 0) is 13.8 Å². The Labute approximate surface area is 134 Å². The summed E-state index contributed by atoms with van der Waals surface area (Å²) >= 11 is 0. The number of carbonyl (C=O) groups excluding carboxylic acids is 2. The maximum absolute atomic E-state index is 8.89. The predicted molar refractivity (Wildman–Crippen MR) is 68.4 cm³/mol. The minimum atomic E-state index is -1.08. The second-order valence-electron chi connectivity index (χ2n) is 2.80. The Kier molecular flexibility index (Phi) is 41.6. The largest absolute Gasteiger partial charge is 2.00 e. The van der Waals surface area contributed by atoms with Gasteiger partial charge in [0, 0.05) is 25.0 Å². The normalized spacial score (nSPS) is 10.9. The number of halogens is 1. The van der Waals surface area contributed by atoms with Gasteiger partial charge in [0.15, 0.2) is 5.96 Å².